The molecular weight excluding hydrogens is 200 g/mol. The molecule has 1 aromatic rings. The van der Waals surface area contributed by atoms with E-state index in [2.05, 4.69) is 10.3 Å². The molecule has 1 saturated carbocycles. The van der Waals surface area contributed by atoms with Gasteiger partial charge in [0.05, 0.1) is 11.2 Å². The second-order valence-corrected chi connectivity index (χ2v) is 5.14. The summed E-state index contributed by atoms with van der Waals surface area (Å²) in [7, 11) is 0. The minimum atomic E-state index is -0.463. The van der Waals surface area contributed by atoms with E-state index in [-0.39, 0.29) is 5.54 Å². The second-order valence-electron chi connectivity index (χ2n) is 5.14. The normalized spacial score (nSPS) is 34.9. The Balaban J connectivity index is 1.86. The maximum Gasteiger partial charge on any atom is 0.114 e. The maximum absolute atomic E-state index is 10.5. The summed E-state index contributed by atoms with van der Waals surface area (Å²) in [4.78, 5) is 4.27. The summed E-state index contributed by atoms with van der Waals surface area (Å²) < 4.78 is 0. The van der Waals surface area contributed by atoms with Crippen LogP contribution in [0.25, 0.3) is 0 Å². The molecule has 0 spiro atoms. The third-order valence-corrected chi connectivity index (χ3v) is 4.23. The Morgan fingerprint density at radius 2 is 2.19 bits per heavy atom. The lowest BCUT2D eigenvalue weighted by molar-refractivity contribution is -0.0110. The Kier molecular flexibility index (Phi) is 2.45. The van der Waals surface area contributed by atoms with Crippen LogP contribution in [0.15, 0.2) is 24.4 Å². The fourth-order valence-corrected chi connectivity index (χ4v) is 3.11. The van der Waals surface area contributed by atoms with Gasteiger partial charge in [0.1, 0.15) is 6.10 Å². The van der Waals surface area contributed by atoms with Crippen LogP contribution in [0.2, 0.25) is 0 Å². The number of piperidine rings is 2. The van der Waals surface area contributed by atoms with Crippen LogP contribution in [0.5, 0.6) is 0 Å². The Hall–Kier alpha value is -0.930. The average Bonchev–Trinajstić information content (AvgIpc) is 2.41. The molecule has 2 bridgehead atoms. The quantitative estimate of drug-likeness (QED) is 0.793. The second kappa shape index (κ2) is 3.82. The average molecular weight is 218 g/mol. The van der Waals surface area contributed by atoms with Crippen molar-refractivity contribution in [3.63, 3.8) is 0 Å². The molecule has 3 aliphatic rings. The first-order valence-corrected chi connectivity index (χ1v) is 6.14. The summed E-state index contributed by atoms with van der Waals surface area (Å²) in [5.41, 5.74) is 0.693. The fraction of sp³-hybridized carbons (Fsp3) is 0.615. The van der Waals surface area contributed by atoms with Gasteiger partial charge in [-0.25, -0.2) is 0 Å². The summed E-state index contributed by atoms with van der Waals surface area (Å²) in [6.45, 7) is 1.06. The molecule has 3 heteroatoms. The SMILES string of the molecule is OC(c1ccccn1)C12CCC(CC1)CN2. The third kappa shape index (κ3) is 1.55. The molecule has 1 atom stereocenters. The van der Waals surface area contributed by atoms with E-state index >= 15 is 0 Å². The molecule has 0 aromatic carbocycles. The number of aliphatic hydroxyl groups excluding tert-OH is 1. The number of fused-ring (bicyclic) bond motifs is 3. The standard InChI is InChI=1S/C13H18N2O/c16-12(11-3-1-2-8-14-11)13-6-4-10(5-7-13)9-15-13/h1-3,8,10,12,15-16H,4-7,9H2. The van der Waals surface area contributed by atoms with Crippen molar-refractivity contribution >= 4 is 0 Å². The summed E-state index contributed by atoms with van der Waals surface area (Å²) in [6.07, 6.45) is 5.94. The number of pyridine rings is 1. The lowest BCUT2D eigenvalue weighted by Gasteiger charge is -2.49. The molecule has 2 aliphatic heterocycles. The van der Waals surface area contributed by atoms with Crippen LogP contribution in [-0.4, -0.2) is 22.2 Å². The van der Waals surface area contributed by atoms with Gasteiger partial charge in [0, 0.05) is 6.20 Å². The highest BCUT2D eigenvalue weighted by Crippen LogP contribution is 2.43. The smallest absolute Gasteiger partial charge is 0.114 e. The van der Waals surface area contributed by atoms with Gasteiger partial charge in [-0.1, -0.05) is 6.07 Å². The molecule has 1 aliphatic carbocycles. The van der Waals surface area contributed by atoms with Gasteiger partial charge in [0.2, 0.25) is 0 Å². The number of hydrogen-bond donors (Lipinski definition) is 2. The first kappa shape index (κ1) is 10.2. The van der Waals surface area contributed by atoms with E-state index in [1.54, 1.807) is 6.20 Å². The zero-order chi connectivity index (χ0) is 11.0. The highest BCUT2D eigenvalue weighted by Gasteiger charge is 2.45. The number of nitrogens with zero attached hydrogens (tertiary/aromatic N) is 1. The zero-order valence-corrected chi connectivity index (χ0v) is 9.39. The molecule has 0 radical (unpaired) electrons. The molecular formula is C13H18N2O. The number of hydrogen-bond acceptors (Lipinski definition) is 3. The van der Waals surface area contributed by atoms with E-state index in [4.69, 9.17) is 0 Å². The molecule has 2 N–H and O–H groups in total. The summed E-state index contributed by atoms with van der Waals surface area (Å²) in [5.74, 6) is 0.831. The van der Waals surface area contributed by atoms with E-state index in [0.717, 1.165) is 31.0 Å². The van der Waals surface area contributed by atoms with Crippen LogP contribution in [-0.2, 0) is 0 Å². The van der Waals surface area contributed by atoms with Crippen LogP contribution in [0.1, 0.15) is 37.5 Å². The van der Waals surface area contributed by atoms with E-state index < -0.39 is 6.10 Å². The molecule has 0 amide bonds. The molecule has 3 nitrogen and oxygen atoms in total. The third-order valence-electron chi connectivity index (χ3n) is 4.23. The molecule has 1 unspecified atom stereocenters. The van der Waals surface area contributed by atoms with Crippen LogP contribution in [0.3, 0.4) is 0 Å². The Bertz CT molecular complexity index is 344. The minimum Gasteiger partial charge on any atom is -0.385 e. The van der Waals surface area contributed by atoms with Crippen molar-refractivity contribution in [1.82, 2.24) is 10.3 Å². The van der Waals surface area contributed by atoms with Gasteiger partial charge in [-0.2, -0.15) is 0 Å². The highest BCUT2D eigenvalue weighted by molar-refractivity contribution is 5.15. The highest BCUT2D eigenvalue weighted by atomic mass is 16.3. The number of aliphatic hydroxyl groups is 1. The van der Waals surface area contributed by atoms with Crippen molar-refractivity contribution in [2.75, 3.05) is 6.54 Å². The molecule has 3 fully saturated rings. The first-order valence-electron chi connectivity index (χ1n) is 6.14. The number of rotatable bonds is 2. The monoisotopic (exact) mass is 218 g/mol. The van der Waals surface area contributed by atoms with Crippen molar-refractivity contribution in [1.29, 1.82) is 0 Å². The molecule has 3 heterocycles. The van der Waals surface area contributed by atoms with Crippen molar-refractivity contribution in [2.24, 2.45) is 5.92 Å². The van der Waals surface area contributed by atoms with Crippen molar-refractivity contribution in [3.8, 4) is 0 Å². The van der Waals surface area contributed by atoms with Gasteiger partial charge in [0.15, 0.2) is 0 Å². The summed E-state index contributed by atoms with van der Waals surface area (Å²) in [5, 5.41) is 14.0. The van der Waals surface area contributed by atoms with Gasteiger partial charge in [0.25, 0.3) is 0 Å². The van der Waals surface area contributed by atoms with Crippen LogP contribution in [0.4, 0.5) is 0 Å². The minimum absolute atomic E-state index is 0.108. The molecule has 86 valence electrons. The predicted molar refractivity (Wildman–Crippen MR) is 61.9 cm³/mol. The molecule has 2 saturated heterocycles. The maximum atomic E-state index is 10.5. The van der Waals surface area contributed by atoms with Crippen LogP contribution < -0.4 is 5.32 Å². The van der Waals surface area contributed by atoms with E-state index in [9.17, 15) is 5.11 Å². The Labute approximate surface area is 95.9 Å². The largest absolute Gasteiger partial charge is 0.385 e. The first-order chi connectivity index (χ1) is 7.80. The number of aromatic nitrogens is 1. The van der Waals surface area contributed by atoms with Crippen LogP contribution in [0, 0.1) is 5.92 Å². The Morgan fingerprint density at radius 1 is 1.38 bits per heavy atom. The topological polar surface area (TPSA) is 45.2 Å². The van der Waals surface area contributed by atoms with E-state index in [0.29, 0.717) is 0 Å². The molecule has 1 aromatic heterocycles. The van der Waals surface area contributed by atoms with Crippen molar-refractivity contribution in [2.45, 2.75) is 37.3 Å². The summed E-state index contributed by atoms with van der Waals surface area (Å²) in [6, 6.07) is 5.75. The van der Waals surface area contributed by atoms with Gasteiger partial charge >= 0.3 is 0 Å². The van der Waals surface area contributed by atoms with E-state index in [1.165, 1.54) is 12.8 Å². The van der Waals surface area contributed by atoms with Gasteiger partial charge in [-0.3, -0.25) is 4.98 Å². The van der Waals surface area contributed by atoms with Gasteiger partial charge in [-0.15, -0.1) is 0 Å². The predicted octanol–water partition coefficient (Wildman–Crippen LogP) is 1.65. The van der Waals surface area contributed by atoms with Gasteiger partial charge < -0.3 is 10.4 Å². The fourth-order valence-electron chi connectivity index (χ4n) is 3.11. The summed E-state index contributed by atoms with van der Waals surface area (Å²) >= 11 is 0. The van der Waals surface area contributed by atoms with Crippen LogP contribution >= 0.6 is 0 Å². The lowest BCUT2D eigenvalue weighted by Crippen LogP contribution is -2.59. The van der Waals surface area contributed by atoms with E-state index in [1.807, 2.05) is 18.2 Å². The lowest BCUT2D eigenvalue weighted by atomic mass is 9.69. The molecule has 4 rings (SSSR count). The Morgan fingerprint density at radius 3 is 2.75 bits per heavy atom. The number of nitrogens with one attached hydrogen (secondary N) is 1. The van der Waals surface area contributed by atoms with Crippen molar-refractivity contribution < 1.29 is 5.11 Å². The zero-order valence-electron chi connectivity index (χ0n) is 9.39. The van der Waals surface area contributed by atoms with Crippen molar-refractivity contribution in [3.05, 3.63) is 30.1 Å². The molecule has 16 heavy (non-hydrogen) atoms. The van der Waals surface area contributed by atoms with Gasteiger partial charge in [-0.05, 0) is 50.3 Å².